The number of carbonyl (C=O) groups is 1. The molecular formula is C24H21ClFN3O7. The average Bonchev–Trinajstić information content (AvgIpc) is 3.18. The van der Waals surface area contributed by atoms with Crippen LogP contribution < -0.4 is 0 Å². The summed E-state index contributed by atoms with van der Waals surface area (Å²) < 4.78 is 27.2. The number of aliphatic hydroxyl groups excluding tert-OH is 3. The Kier molecular flexibility index (Phi) is 6.60. The number of halogens is 2. The summed E-state index contributed by atoms with van der Waals surface area (Å²) in [5.74, 6) is -1.60. The molecule has 5 unspecified atom stereocenters. The van der Waals surface area contributed by atoms with Gasteiger partial charge in [0.25, 0.3) is 0 Å². The number of aliphatic carboxylic acids is 1. The quantitative estimate of drug-likeness (QED) is 0.397. The number of benzene rings is 2. The van der Waals surface area contributed by atoms with Gasteiger partial charge in [0.1, 0.15) is 36.6 Å². The van der Waals surface area contributed by atoms with Crippen molar-refractivity contribution in [3.63, 3.8) is 0 Å². The summed E-state index contributed by atoms with van der Waals surface area (Å²) in [6, 6.07) is 11.3. The first-order valence-electron chi connectivity index (χ1n) is 11.0. The number of fused-ring (bicyclic) bond motifs is 3. The third-order valence-electron chi connectivity index (χ3n) is 6.08. The van der Waals surface area contributed by atoms with Gasteiger partial charge in [-0.3, -0.25) is 9.56 Å². The van der Waals surface area contributed by atoms with Crippen molar-refractivity contribution in [1.82, 2.24) is 9.55 Å². The van der Waals surface area contributed by atoms with Gasteiger partial charge >= 0.3 is 5.97 Å². The second-order valence-electron chi connectivity index (χ2n) is 8.35. The molecule has 188 valence electrons. The van der Waals surface area contributed by atoms with Crippen LogP contribution in [0.25, 0.3) is 5.69 Å². The Bertz CT molecular complexity index is 1350. The molecule has 1 saturated heterocycles. The van der Waals surface area contributed by atoms with Crippen molar-refractivity contribution in [3.05, 3.63) is 82.1 Å². The Morgan fingerprint density at radius 2 is 1.92 bits per heavy atom. The van der Waals surface area contributed by atoms with Crippen LogP contribution in [0.4, 0.5) is 4.39 Å². The van der Waals surface area contributed by atoms with Crippen LogP contribution in [-0.2, 0) is 27.4 Å². The zero-order valence-electron chi connectivity index (χ0n) is 18.5. The number of nitrogens with zero attached hydrogens (tertiary/aromatic N) is 3. The number of rotatable bonds is 5. The lowest BCUT2D eigenvalue weighted by Crippen LogP contribution is -2.60. The normalized spacial score (nSPS) is 25.5. The van der Waals surface area contributed by atoms with Crippen molar-refractivity contribution in [2.75, 3.05) is 0 Å². The number of hydrogen-bond acceptors (Lipinski definition) is 8. The molecule has 0 radical (unpaired) electrons. The molecule has 3 aromatic rings. The molecule has 36 heavy (non-hydrogen) atoms. The number of imidazole rings is 1. The highest BCUT2D eigenvalue weighted by Crippen LogP contribution is 2.30. The van der Waals surface area contributed by atoms with Crippen LogP contribution in [0, 0.1) is 5.82 Å². The number of aliphatic hydroxyl groups is 3. The number of carboxylic acids is 1. The smallest absolute Gasteiger partial charge is 0.335 e. The molecule has 0 bridgehead atoms. The maximum Gasteiger partial charge on any atom is 0.335 e. The molecule has 5 rings (SSSR count). The third-order valence-corrected chi connectivity index (χ3v) is 6.32. The van der Waals surface area contributed by atoms with E-state index >= 15 is 0 Å². The number of aromatic nitrogens is 2. The topological polar surface area (TPSA) is 147 Å². The zero-order valence-corrected chi connectivity index (χ0v) is 19.3. The highest BCUT2D eigenvalue weighted by molar-refractivity contribution is 6.31. The molecule has 1 fully saturated rings. The molecule has 2 aliphatic rings. The van der Waals surface area contributed by atoms with Gasteiger partial charge in [0.2, 0.25) is 0 Å². The lowest BCUT2D eigenvalue weighted by molar-refractivity contribution is -0.297. The van der Waals surface area contributed by atoms with E-state index in [0.29, 0.717) is 39.1 Å². The van der Waals surface area contributed by atoms with Gasteiger partial charge in [-0.25, -0.2) is 14.2 Å². The summed E-state index contributed by atoms with van der Waals surface area (Å²) in [6.07, 6.45) is -7.07. The largest absolute Gasteiger partial charge is 0.479 e. The van der Waals surface area contributed by atoms with Crippen molar-refractivity contribution in [3.8, 4) is 5.69 Å². The lowest BCUT2D eigenvalue weighted by atomic mass is 9.99. The Morgan fingerprint density at radius 3 is 2.67 bits per heavy atom. The molecule has 2 aliphatic heterocycles. The first kappa shape index (κ1) is 24.5. The Labute approximate surface area is 208 Å². The summed E-state index contributed by atoms with van der Waals surface area (Å²) in [5, 5.41) is 39.8. The van der Waals surface area contributed by atoms with E-state index in [1.54, 1.807) is 47.2 Å². The van der Waals surface area contributed by atoms with Gasteiger partial charge in [0.05, 0.1) is 29.8 Å². The highest BCUT2D eigenvalue weighted by Gasteiger charge is 2.47. The fourth-order valence-corrected chi connectivity index (χ4v) is 4.48. The summed E-state index contributed by atoms with van der Waals surface area (Å²) in [7, 11) is 0. The van der Waals surface area contributed by atoms with Gasteiger partial charge < -0.3 is 29.9 Å². The van der Waals surface area contributed by atoms with E-state index in [9.17, 15) is 29.6 Å². The van der Waals surface area contributed by atoms with Crippen LogP contribution in [0.15, 0.2) is 53.7 Å². The molecule has 12 heteroatoms. The number of carboxylic acid groups (broad SMARTS) is 1. The third kappa shape index (κ3) is 4.30. The van der Waals surface area contributed by atoms with Crippen LogP contribution >= 0.6 is 11.6 Å². The Morgan fingerprint density at radius 1 is 1.14 bits per heavy atom. The lowest BCUT2D eigenvalue weighted by Gasteiger charge is -2.38. The second kappa shape index (κ2) is 9.69. The summed E-state index contributed by atoms with van der Waals surface area (Å²) in [4.78, 5) is 20.4. The van der Waals surface area contributed by atoms with Gasteiger partial charge in [-0.2, -0.15) is 0 Å². The van der Waals surface area contributed by atoms with Crippen LogP contribution in [0.1, 0.15) is 22.6 Å². The molecule has 0 spiro atoms. The number of aliphatic imine (C=N–C) groups is 1. The first-order valence-corrected chi connectivity index (χ1v) is 11.3. The maximum atomic E-state index is 14.7. The van der Waals surface area contributed by atoms with E-state index in [1.807, 2.05) is 0 Å². The maximum absolute atomic E-state index is 14.7. The molecular weight excluding hydrogens is 497 g/mol. The fraction of sp³-hybridized carbons (Fsp3) is 0.292. The van der Waals surface area contributed by atoms with Crippen molar-refractivity contribution in [1.29, 1.82) is 0 Å². The molecule has 3 heterocycles. The van der Waals surface area contributed by atoms with Crippen molar-refractivity contribution in [2.45, 2.75) is 43.9 Å². The van der Waals surface area contributed by atoms with Crippen molar-refractivity contribution < 1.29 is 39.1 Å². The van der Waals surface area contributed by atoms with Crippen molar-refractivity contribution in [2.24, 2.45) is 4.99 Å². The molecule has 5 atom stereocenters. The van der Waals surface area contributed by atoms with E-state index in [2.05, 4.69) is 9.98 Å². The van der Waals surface area contributed by atoms with Crippen LogP contribution in [0.3, 0.4) is 0 Å². The van der Waals surface area contributed by atoms with E-state index in [1.165, 1.54) is 6.07 Å². The van der Waals surface area contributed by atoms with E-state index in [4.69, 9.17) is 21.1 Å². The van der Waals surface area contributed by atoms with E-state index in [0.717, 1.165) is 0 Å². The monoisotopic (exact) mass is 517 g/mol. The minimum Gasteiger partial charge on any atom is -0.479 e. The molecule has 0 saturated carbocycles. The SMILES string of the molecule is O=C(O)C1OC(OCc2ncc3n2-c2ccc(Cl)cc2C(c2ccccc2F)=NC3)C(O)C(O)C1O. The van der Waals surface area contributed by atoms with Gasteiger partial charge in [-0.15, -0.1) is 0 Å². The van der Waals surface area contributed by atoms with Gasteiger partial charge in [0, 0.05) is 16.1 Å². The van der Waals surface area contributed by atoms with E-state index < -0.39 is 42.5 Å². The average molecular weight is 518 g/mol. The summed E-state index contributed by atoms with van der Waals surface area (Å²) in [5.41, 5.74) is 2.54. The minimum atomic E-state index is -1.83. The fourth-order valence-electron chi connectivity index (χ4n) is 4.31. The molecule has 10 nitrogen and oxygen atoms in total. The van der Waals surface area contributed by atoms with Gasteiger partial charge in [-0.1, -0.05) is 23.7 Å². The second-order valence-corrected chi connectivity index (χ2v) is 8.79. The van der Waals surface area contributed by atoms with Gasteiger partial charge in [-0.05, 0) is 30.3 Å². The summed E-state index contributed by atoms with van der Waals surface area (Å²) >= 11 is 6.27. The Hall–Kier alpha value is -3.19. The molecule has 1 aromatic heterocycles. The standard InChI is InChI=1S/C24H21ClFN3O7/c25-11-5-6-16-14(7-11)18(13-3-1-2-4-15(13)26)28-9-12-8-27-17(29(12)16)10-35-24-21(32)19(30)20(31)22(36-24)23(33)34/h1-8,19-22,24,30-32H,9-10H2,(H,33,34). The predicted molar refractivity (Wildman–Crippen MR) is 123 cm³/mol. The van der Waals surface area contributed by atoms with Crippen LogP contribution in [0.5, 0.6) is 0 Å². The molecule has 2 aromatic carbocycles. The highest BCUT2D eigenvalue weighted by atomic mass is 35.5. The van der Waals surface area contributed by atoms with Gasteiger partial charge in [0.15, 0.2) is 12.4 Å². The van der Waals surface area contributed by atoms with Crippen LogP contribution in [0.2, 0.25) is 5.02 Å². The zero-order chi connectivity index (χ0) is 25.6. The molecule has 0 aliphatic carbocycles. The van der Waals surface area contributed by atoms with Crippen LogP contribution in [-0.4, -0.2) is 72.4 Å². The first-order chi connectivity index (χ1) is 17.3. The number of ether oxygens (including phenoxy) is 2. The molecule has 0 amide bonds. The molecule has 4 N–H and O–H groups in total. The predicted octanol–water partition coefficient (Wildman–Crippen LogP) is 1.42. The number of hydrogen-bond donors (Lipinski definition) is 4. The minimum absolute atomic E-state index is 0.164. The van der Waals surface area contributed by atoms with Crippen molar-refractivity contribution >= 4 is 23.3 Å². The Balaban J connectivity index is 1.48. The van der Waals surface area contributed by atoms with E-state index in [-0.39, 0.29) is 13.2 Å². The summed E-state index contributed by atoms with van der Waals surface area (Å²) in [6.45, 7) is -0.0918.